The van der Waals surface area contributed by atoms with Crippen LogP contribution in [0.4, 0.5) is 0 Å². The number of hydrogen-bond acceptors (Lipinski definition) is 5. The Balaban J connectivity index is 1.48. The summed E-state index contributed by atoms with van der Waals surface area (Å²) in [6.45, 7) is 1.95. The first-order chi connectivity index (χ1) is 19.2. The molecule has 0 aromatic heterocycles. The molecule has 1 N–H and O–H groups in total. The zero-order chi connectivity index (χ0) is 26.9. The molecule has 39 heavy (non-hydrogen) atoms. The molecule has 0 aliphatic rings. The summed E-state index contributed by atoms with van der Waals surface area (Å²) in [5.41, 5.74) is 0. The van der Waals surface area contributed by atoms with Crippen LogP contribution in [0.5, 0.6) is 23.0 Å². The van der Waals surface area contributed by atoms with Crippen molar-refractivity contribution in [3.63, 3.8) is 0 Å². The van der Waals surface area contributed by atoms with E-state index in [0.29, 0.717) is 11.5 Å². The first-order valence-corrected chi connectivity index (χ1v) is 16.3. The third-order valence-electron chi connectivity index (χ3n) is 5.53. The van der Waals surface area contributed by atoms with Gasteiger partial charge in [-0.25, -0.2) is 0 Å². The van der Waals surface area contributed by atoms with Crippen LogP contribution in [0, 0.1) is 0 Å². The zero-order valence-corrected chi connectivity index (χ0v) is 23.9. The van der Waals surface area contributed by atoms with Crippen LogP contribution in [0.2, 0.25) is 0 Å². The lowest BCUT2D eigenvalue weighted by molar-refractivity contribution is 0.383. The first kappa shape index (κ1) is 27.1. The smallest absolute Gasteiger partial charge is 0.439 e. The summed E-state index contributed by atoms with van der Waals surface area (Å²) in [5, 5.41) is 3.08. The van der Waals surface area contributed by atoms with Gasteiger partial charge in [0.1, 0.15) is 23.0 Å². The number of hydrogen-bond donors (Lipinski definition) is 1. The molecule has 0 saturated heterocycles. The van der Waals surface area contributed by atoms with Crippen molar-refractivity contribution in [2.45, 2.75) is 0 Å². The van der Waals surface area contributed by atoms with Crippen molar-refractivity contribution in [3.8, 4) is 23.0 Å². The summed E-state index contributed by atoms with van der Waals surface area (Å²) in [7, 11) is -4.56. The molecule has 5 aromatic rings. The fourth-order valence-corrected chi connectivity index (χ4v) is 8.02. The topological polar surface area (TPSA) is 57.2 Å². The normalized spacial score (nSPS) is 13.1. The average Bonchev–Trinajstić information content (AvgIpc) is 2.96. The van der Waals surface area contributed by atoms with E-state index in [1.165, 1.54) is 0 Å². The van der Waals surface area contributed by atoms with E-state index in [4.69, 9.17) is 18.1 Å². The minimum atomic E-state index is -2.20. The number of para-hydroxylation sites is 4. The van der Waals surface area contributed by atoms with Gasteiger partial charge >= 0.3 is 8.60 Å². The molecule has 3 atom stereocenters. The molecule has 0 saturated carbocycles. The maximum atomic E-state index is 10.7. The van der Waals surface area contributed by atoms with Crippen LogP contribution in [0.1, 0.15) is 0 Å². The van der Waals surface area contributed by atoms with E-state index >= 15 is 0 Å². The van der Waals surface area contributed by atoms with E-state index in [-0.39, 0.29) is 0 Å². The molecule has 0 heterocycles. The Morgan fingerprint density at radius 1 is 0.462 bits per heavy atom. The highest BCUT2D eigenvalue weighted by atomic mass is 31.2. The summed E-state index contributed by atoms with van der Waals surface area (Å²) in [5.74, 6) is 2.62. The Morgan fingerprint density at radius 3 is 1.46 bits per heavy atom. The molecular weight excluding hydrogens is 545 g/mol. The van der Waals surface area contributed by atoms with Crippen molar-refractivity contribution in [1.82, 2.24) is 0 Å². The molecule has 3 unspecified atom stereocenters. The zero-order valence-electron chi connectivity index (χ0n) is 21.2. The molecule has 0 amide bonds. The van der Waals surface area contributed by atoms with Crippen molar-refractivity contribution in [2.75, 3.05) is 6.66 Å². The van der Waals surface area contributed by atoms with Crippen LogP contribution in [0.25, 0.3) is 0 Å². The van der Waals surface area contributed by atoms with Gasteiger partial charge in [0, 0.05) is 17.3 Å². The SMILES string of the molecule is CP(Oc1ccccc1)Oc1ccccc1P(c1ccccc1)c1ccccc1OP(O)Oc1ccccc1. The molecular formula is C31H27O5P3. The van der Waals surface area contributed by atoms with Gasteiger partial charge in [0.05, 0.1) is 0 Å². The molecule has 0 bridgehead atoms. The minimum Gasteiger partial charge on any atom is -0.439 e. The third kappa shape index (κ3) is 7.35. The van der Waals surface area contributed by atoms with Gasteiger partial charge in [0.2, 0.25) is 0 Å². The van der Waals surface area contributed by atoms with Gasteiger partial charge in [-0.05, 0) is 49.6 Å². The Hall–Kier alpha value is -3.45. The predicted molar refractivity (Wildman–Crippen MR) is 163 cm³/mol. The standard InChI is InChI=1S/C31H27O5P3/c1-37(33-25-15-5-2-6-16-25)35-28-21-11-13-23-30(28)38(27-19-9-4-10-20-27)31-24-14-12-22-29(31)36-39(32)34-26-17-7-3-8-18-26/h2-24,32H,1H3. The molecule has 0 spiro atoms. The average molecular weight is 572 g/mol. The Kier molecular flexibility index (Phi) is 9.43. The van der Waals surface area contributed by atoms with Gasteiger partial charge in [0.25, 0.3) is 8.38 Å². The summed E-state index contributed by atoms with van der Waals surface area (Å²) in [4.78, 5) is 10.7. The second-order valence-electron chi connectivity index (χ2n) is 8.28. The van der Waals surface area contributed by atoms with Gasteiger partial charge in [-0.15, -0.1) is 0 Å². The maximum Gasteiger partial charge on any atom is 0.460 e. The Labute approximate surface area is 232 Å². The lowest BCUT2D eigenvalue weighted by Crippen LogP contribution is -2.23. The second kappa shape index (κ2) is 13.6. The molecule has 0 aliphatic carbocycles. The fourth-order valence-electron chi connectivity index (χ4n) is 3.88. The van der Waals surface area contributed by atoms with Gasteiger partial charge < -0.3 is 23.0 Å². The fraction of sp³-hybridized carbons (Fsp3) is 0.0323. The lowest BCUT2D eigenvalue weighted by Gasteiger charge is -2.25. The van der Waals surface area contributed by atoms with Crippen molar-refractivity contribution < 1.29 is 23.0 Å². The number of rotatable bonds is 11. The summed E-state index contributed by atoms with van der Waals surface area (Å²) in [6, 6.07) is 44.9. The van der Waals surface area contributed by atoms with Crippen molar-refractivity contribution in [3.05, 3.63) is 140 Å². The minimum absolute atomic E-state index is 0.544. The first-order valence-electron chi connectivity index (χ1n) is 12.3. The van der Waals surface area contributed by atoms with E-state index < -0.39 is 24.9 Å². The molecule has 8 heteroatoms. The largest absolute Gasteiger partial charge is 0.460 e. The van der Waals surface area contributed by atoms with Gasteiger partial charge in [-0.3, -0.25) is 0 Å². The summed E-state index contributed by atoms with van der Waals surface area (Å²) in [6.07, 6.45) is 0. The van der Waals surface area contributed by atoms with E-state index in [2.05, 4.69) is 18.2 Å². The van der Waals surface area contributed by atoms with E-state index in [1.54, 1.807) is 12.1 Å². The Bertz CT molecular complexity index is 1360. The molecule has 196 valence electrons. The van der Waals surface area contributed by atoms with Gasteiger partial charge in [0.15, 0.2) is 0 Å². The Morgan fingerprint density at radius 2 is 0.897 bits per heavy atom. The molecule has 0 aliphatic heterocycles. The highest BCUT2D eigenvalue weighted by Gasteiger charge is 2.26. The lowest BCUT2D eigenvalue weighted by atomic mass is 10.3. The molecule has 5 aromatic carbocycles. The molecule has 5 nitrogen and oxygen atoms in total. The van der Waals surface area contributed by atoms with Crippen LogP contribution in [0.3, 0.4) is 0 Å². The molecule has 5 rings (SSSR count). The maximum absolute atomic E-state index is 10.7. The van der Waals surface area contributed by atoms with Crippen LogP contribution in [-0.2, 0) is 0 Å². The monoisotopic (exact) mass is 572 g/mol. The highest BCUT2D eigenvalue weighted by molar-refractivity contribution is 7.80. The van der Waals surface area contributed by atoms with Crippen LogP contribution in [-0.4, -0.2) is 11.6 Å². The number of benzene rings is 5. The van der Waals surface area contributed by atoms with Crippen LogP contribution in [0.15, 0.2) is 140 Å². The van der Waals surface area contributed by atoms with Crippen molar-refractivity contribution >= 4 is 40.8 Å². The van der Waals surface area contributed by atoms with E-state index in [1.807, 2.05) is 116 Å². The van der Waals surface area contributed by atoms with Crippen molar-refractivity contribution in [2.24, 2.45) is 0 Å². The summed E-state index contributed by atoms with van der Waals surface area (Å²) < 4.78 is 24.2. The van der Waals surface area contributed by atoms with Gasteiger partial charge in [-0.2, -0.15) is 0 Å². The highest BCUT2D eigenvalue weighted by Crippen LogP contribution is 2.45. The molecule has 0 radical (unpaired) electrons. The van der Waals surface area contributed by atoms with Crippen molar-refractivity contribution in [1.29, 1.82) is 0 Å². The van der Waals surface area contributed by atoms with E-state index in [9.17, 15) is 4.89 Å². The second-order valence-corrected chi connectivity index (χ2v) is 12.5. The quantitative estimate of drug-likeness (QED) is 0.166. The predicted octanol–water partition coefficient (Wildman–Crippen LogP) is 7.52. The van der Waals surface area contributed by atoms with Crippen LogP contribution >= 0.6 is 24.9 Å². The van der Waals surface area contributed by atoms with Gasteiger partial charge in [-0.1, -0.05) is 103 Å². The third-order valence-corrected chi connectivity index (χ3v) is 9.69. The molecule has 0 fully saturated rings. The van der Waals surface area contributed by atoms with E-state index in [0.717, 1.165) is 27.4 Å². The van der Waals surface area contributed by atoms with Crippen LogP contribution < -0.4 is 34.0 Å². The summed E-state index contributed by atoms with van der Waals surface area (Å²) >= 11 is 0.